The summed E-state index contributed by atoms with van der Waals surface area (Å²) in [5.74, 6) is 1.26. The molecule has 1 amide bonds. The molecule has 0 aliphatic carbocycles. The second kappa shape index (κ2) is 10.1. The highest BCUT2D eigenvalue weighted by Crippen LogP contribution is 2.34. The highest BCUT2D eigenvalue weighted by Gasteiger charge is 2.30. The van der Waals surface area contributed by atoms with Crippen LogP contribution in [-0.4, -0.2) is 91.7 Å². The fraction of sp³-hybridized carbons (Fsp3) is 0.577. The van der Waals surface area contributed by atoms with Crippen LogP contribution in [0.4, 0.5) is 0 Å². The fourth-order valence-corrected chi connectivity index (χ4v) is 5.55. The molecule has 0 spiro atoms. The zero-order valence-electron chi connectivity index (χ0n) is 20.0. The van der Waals surface area contributed by atoms with Crippen molar-refractivity contribution in [2.24, 2.45) is 10.9 Å². The van der Waals surface area contributed by atoms with Gasteiger partial charge in [0.2, 0.25) is 5.91 Å². The Morgan fingerprint density at radius 3 is 2.72 bits per heavy atom. The minimum atomic E-state index is 0.288. The van der Waals surface area contributed by atoms with E-state index in [1.165, 1.54) is 10.9 Å². The van der Waals surface area contributed by atoms with Gasteiger partial charge in [0.05, 0.1) is 12.1 Å². The Morgan fingerprint density at radius 2 is 2.00 bits per heavy atom. The first-order chi connectivity index (χ1) is 15.5. The first-order valence-corrected chi connectivity index (χ1v) is 11.9. The van der Waals surface area contributed by atoms with Gasteiger partial charge in [-0.25, -0.2) is 0 Å². The van der Waals surface area contributed by atoms with Gasteiger partial charge in [-0.05, 0) is 56.8 Å². The van der Waals surface area contributed by atoms with E-state index in [0.717, 1.165) is 56.5 Å². The number of carbonyl (C=O) groups excluding carboxylic acids is 1. The maximum Gasteiger partial charge on any atom is 0.236 e. The van der Waals surface area contributed by atoms with Crippen molar-refractivity contribution in [3.63, 3.8) is 0 Å². The molecule has 2 saturated heterocycles. The number of amides is 1. The maximum atomic E-state index is 13.1. The second-order valence-electron chi connectivity index (χ2n) is 9.84. The number of hydrogen-bond donors (Lipinski definition) is 0. The van der Waals surface area contributed by atoms with Crippen LogP contribution in [0.25, 0.3) is 10.9 Å². The van der Waals surface area contributed by atoms with Gasteiger partial charge in [0, 0.05) is 62.6 Å². The Labute approximate surface area is 192 Å². The van der Waals surface area contributed by atoms with Crippen molar-refractivity contribution in [1.29, 1.82) is 0 Å². The molecule has 0 N–H and O–H groups in total. The van der Waals surface area contributed by atoms with Gasteiger partial charge in [-0.15, -0.1) is 0 Å². The molecule has 4 rings (SSSR count). The lowest BCUT2D eigenvalue weighted by molar-refractivity contribution is -0.134. The largest absolute Gasteiger partial charge is 0.341 e. The third-order valence-electron chi connectivity index (χ3n) is 7.18. The Bertz CT molecular complexity index is 964. The van der Waals surface area contributed by atoms with Crippen LogP contribution in [0, 0.1) is 5.92 Å². The lowest BCUT2D eigenvalue weighted by Gasteiger charge is -2.39. The molecule has 6 heteroatoms. The van der Waals surface area contributed by atoms with Gasteiger partial charge in [-0.1, -0.05) is 25.1 Å². The van der Waals surface area contributed by atoms with Crippen LogP contribution in [-0.2, 0) is 4.79 Å². The van der Waals surface area contributed by atoms with E-state index in [1.54, 1.807) is 7.05 Å². The van der Waals surface area contributed by atoms with Crippen molar-refractivity contribution in [2.75, 3.05) is 53.9 Å². The number of hydrogen-bond acceptors (Lipinski definition) is 5. The van der Waals surface area contributed by atoms with Crippen LogP contribution in [0.2, 0.25) is 0 Å². The van der Waals surface area contributed by atoms with E-state index in [0.29, 0.717) is 24.4 Å². The smallest absolute Gasteiger partial charge is 0.236 e. The number of aliphatic imine (C=N–C) groups is 1. The lowest BCUT2D eigenvalue weighted by Crippen LogP contribution is -2.49. The van der Waals surface area contributed by atoms with Gasteiger partial charge in [-0.3, -0.25) is 19.7 Å². The van der Waals surface area contributed by atoms with E-state index in [-0.39, 0.29) is 5.91 Å². The normalized spacial score (nSPS) is 23.5. The average Bonchev–Trinajstić information content (AvgIpc) is 2.79. The predicted molar refractivity (Wildman–Crippen MR) is 132 cm³/mol. The van der Waals surface area contributed by atoms with Crippen LogP contribution in [0.1, 0.15) is 43.2 Å². The minimum Gasteiger partial charge on any atom is -0.341 e. The average molecular weight is 436 g/mol. The van der Waals surface area contributed by atoms with Crippen molar-refractivity contribution >= 4 is 23.0 Å². The Hall–Kier alpha value is -2.31. The molecule has 0 saturated carbocycles. The van der Waals surface area contributed by atoms with Gasteiger partial charge in [-0.2, -0.15) is 0 Å². The Balaban J connectivity index is 1.47. The predicted octanol–water partition coefficient (Wildman–Crippen LogP) is 3.26. The molecule has 2 aliphatic rings. The molecule has 2 aliphatic heterocycles. The number of rotatable bonds is 5. The summed E-state index contributed by atoms with van der Waals surface area (Å²) in [6, 6.07) is 9.18. The Kier molecular flexibility index (Phi) is 7.21. The van der Waals surface area contributed by atoms with Gasteiger partial charge >= 0.3 is 0 Å². The highest BCUT2D eigenvalue weighted by molar-refractivity contribution is 5.99. The third-order valence-corrected chi connectivity index (χ3v) is 7.18. The standard InChI is InChI=1S/C26H37N5O/c1-19-14-21(23-8-7-20(15-27-2)26-24(23)6-5-11-28-26)17-30(16-19)18-25(32)31-12-9-22(10-13-31)29(3)4/h5-8,11,15,19,21-22H,9-10,12-14,16-18H2,1-4H3/b27-15+/t19-,21+/m1/s1. The van der Waals surface area contributed by atoms with Gasteiger partial charge < -0.3 is 9.80 Å². The van der Waals surface area contributed by atoms with Crippen molar-refractivity contribution in [2.45, 2.75) is 38.1 Å². The molecular weight excluding hydrogens is 398 g/mol. The summed E-state index contributed by atoms with van der Waals surface area (Å²) in [7, 11) is 6.07. The van der Waals surface area contributed by atoms with Gasteiger partial charge in [0.25, 0.3) is 0 Å². The van der Waals surface area contributed by atoms with Crippen LogP contribution in [0.15, 0.2) is 35.5 Å². The summed E-state index contributed by atoms with van der Waals surface area (Å²) in [4.78, 5) is 28.7. The summed E-state index contributed by atoms with van der Waals surface area (Å²) in [6.45, 7) is 6.52. The first kappa shape index (κ1) is 22.9. The summed E-state index contributed by atoms with van der Waals surface area (Å²) in [6.07, 6.45) is 7.03. The molecule has 3 heterocycles. The van der Waals surface area contributed by atoms with E-state index in [4.69, 9.17) is 0 Å². The van der Waals surface area contributed by atoms with Gasteiger partial charge in [0.15, 0.2) is 0 Å². The molecule has 1 aromatic heterocycles. The molecule has 0 radical (unpaired) electrons. The number of fused-ring (bicyclic) bond motifs is 1. The van der Waals surface area contributed by atoms with E-state index >= 15 is 0 Å². The van der Waals surface area contributed by atoms with E-state index in [1.807, 2.05) is 18.5 Å². The molecule has 2 atom stereocenters. The molecular formula is C26H37N5O. The molecule has 2 aromatic rings. The first-order valence-electron chi connectivity index (χ1n) is 11.9. The third kappa shape index (κ3) is 5.02. The van der Waals surface area contributed by atoms with Crippen LogP contribution >= 0.6 is 0 Å². The summed E-state index contributed by atoms with van der Waals surface area (Å²) < 4.78 is 0. The zero-order valence-corrected chi connectivity index (χ0v) is 20.0. The second-order valence-corrected chi connectivity index (χ2v) is 9.84. The van der Waals surface area contributed by atoms with Crippen molar-refractivity contribution < 1.29 is 4.79 Å². The number of aromatic nitrogens is 1. The van der Waals surface area contributed by atoms with E-state index < -0.39 is 0 Å². The number of carbonyl (C=O) groups is 1. The monoisotopic (exact) mass is 435 g/mol. The number of likely N-dealkylation sites (tertiary alicyclic amines) is 2. The number of piperidine rings is 2. The highest BCUT2D eigenvalue weighted by atomic mass is 16.2. The van der Waals surface area contributed by atoms with E-state index in [9.17, 15) is 4.79 Å². The summed E-state index contributed by atoms with van der Waals surface area (Å²) >= 11 is 0. The molecule has 1 aromatic carbocycles. The fourth-order valence-electron chi connectivity index (χ4n) is 5.55. The SMILES string of the molecule is C/N=C/c1ccc([C@H]2C[C@@H](C)CN(CC(=O)N3CCC(N(C)C)CC3)C2)c2cccnc12. The molecule has 6 nitrogen and oxygen atoms in total. The van der Waals surface area contributed by atoms with Crippen LogP contribution < -0.4 is 0 Å². The van der Waals surface area contributed by atoms with Gasteiger partial charge in [0.1, 0.15) is 0 Å². The number of benzene rings is 1. The molecule has 32 heavy (non-hydrogen) atoms. The van der Waals surface area contributed by atoms with Crippen molar-refractivity contribution in [3.05, 3.63) is 41.6 Å². The molecule has 0 unspecified atom stereocenters. The number of nitrogens with zero attached hydrogens (tertiary/aromatic N) is 5. The maximum absolute atomic E-state index is 13.1. The summed E-state index contributed by atoms with van der Waals surface area (Å²) in [5.41, 5.74) is 3.42. The topological polar surface area (TPSA) is 52.0 Å². The van der Waals surface area contributed by atoms with Crippen LogP contribution in [0.3, 0.4) is 0 Å². The van der Waals surface area contributed by atoms with Crippen LogP contribution in [0.5, 0.6) is 0 Å². The lowest BCUT2D eigenvalue weighted by atomic mass is 9.83. The van der Waals surface area contributed by atoms with Crippen molar-refractivity contribution in [1.82, 2.24) is 19.7 Å². The quantitative estimate of drug-likeness (QED) is 0.677. The number of pyridine rings is 1. The Morgan fingerprint density at radius 1 is 1.22 bits per heavy atom. The van der Waals surface area contributed by atoms with E-state index in [2.05, 4.69) is 63.9 Å². The van der Waals surface area contributed by atoms with Crippen molar-refractivity contribution in [3.8, 4) is 0 Å². The summed E-state index contributed by atoms with van der Waals surface area (Å²) in [5, 5.41) is 1.21. The zero-order chi connectivity index (χ0) is 22.7. The minimum absolute atomic E-state index is 0.288. The molecule has 172 valence electrons. The molecule has 2 fully saturated rings. The molecule has 0 bridgehead atoms.